The van der Waals surface area contributed by atoms with Crippen LogP contribution in [0.4, 0.5) is 0 Å². The lowest BCUT2D eigenvalue weighted by Crippen LogP contribution is -2.23. The topological polar surface area (TPSA) is 35.2 Å². The standard InChI is InChI=1S/C10H14ClNO/c1-7-3-4-10(9(11)5-7)13-6-8(2)12/h3-5,8H,6,12H2,1-2H3/t8-/m0/s1. The van der Waals surface area contributed by atoms with Crippen molar-refractivity contribution in [3.8, 4) is 5.75 Å². The predicted molar refractivity (Wildman–Crippen MR) is 55.3 cm³/mol. The van der Waals surface area contributed by atoms with Gasteiger partial charge in [0.05, 0.1) is 5.02 Å². The van der Waals surface area contributed by atoms with Gasteiger partial charge in [-0.15, -0.1) is 0 Å². The van der Waals surface area contributed by atoms with Crippen LogP contribution in [0.5, 0.6) is 5.75 Å². The van der Waals surface area contributed by atoms with Crippen molar-refractivity contribution in [2.75, 3.05) is 6.61 Å². The second kappa shape index (κ2) is 4.49. The van der Waals surface area contributed by atoms with E-state index in [1.165, 1.54) is 0 Å². The van der Waals surface area contributed by atoms with Gasteiger partial charge < -0.3 is 10.5 Å². The first-order valence-corrected chi connectivity index (χ1v) is 4.62. The van der Waals surface area contributed by atoms with Crippen LogP contribution in [0.1, 0.15) is 12.5 Å². The molecule has 0 aliphatic heterocycles. The third-order valence-electron chi connectivity index (χ3n) is 1.59. The van der Waals surface area contributed by atoms with Gasteiger partial charge in [0.25, 0.3) is 0 Å². The third-order valence-corrected chi connectivity index (χ3v) is 1.88. The summed E-state index contributed by atoms with van der Waals surface area (Å²) in [5, 5.41) is 0.639. The molecule has 1 rings (SSSR count). The van der Waals surface area contributed by atoms with Gasteiger partial charge >= 0.3 is 0 Å². The van der Waals surface area contributed by atoms with Crippen LogP contribution in [0.2, 0.25) is 5.02 Å². The molecule has 0 radical (unpaired) electrons. The molecule has 0 saturated carbocycles. The summed E-state index contributed by atoms with van der Waals surface area (Å²) in [5.74, 6) is 0.699. The van der Waals surface area contributed by atoms with Crippen LogP contribution in [-0.4, -0.2) is 12.6 Å². The van der Waals surface area contributed by atoms with Crippen LogP contribution in [0.15, 0.2) is 18.2 Å². The highest BCUT2D eigenvalue weighted by atomic mass is 35.5. The van der Waals surface area contributed by atoms with Gasteiger partial charge in [-0.25, -0.2) is 0 Å². The van der Waals surface area contributed by atoms with Gasteiger partial charge in [-0.2, -0.15) is 0 Å². The Morgan fingerprint density at radius 1 is 1.54 bits per heavy atom. The molecule has 2 N–H and O–H groups in total. The maximum atomic E-state index is 5.95. The summed E-state index contributed by atoms with van der Waals surface area (Å²) < 4.78 is 5.40. The highest BCUT2D eigenvalue weighted by Gasteiger charge is 2.02. The molecule has 0 fully saturated rings. The Labute approximate surface area is 83.6 Å². The number of rotatable bonds is 3. The van der Waals surface area contributed by atoms with Crippen molar-refractivity contribution < 1.29 is 4.74 Å². The number of hydrogen-bond donors (Lipinski definition) is 1. The molecule has 0 spiro atoms. The Kier molecular flexibility index (Phi) is 3.58. The molecule has 0 aliphatic carbocycles. The molecule has 1 aromatic carbocycles. The first kappa shape index (κ1) is 10.4. The summed E-state index contributed by atoms with van der Waals surface area (Å²) in [5.41, 5.74) is 6.68. The minimum absolute atomic E-state index is 0.0253. The van der Waals surface area contributed by atoms with E-state index in [2.05, 4.69) is 0 Å². The first-order valence-electron chi connectivity index (χ1n) is 4.24. The van der Waals surface area contributed by atoms with Gasteiger partial charge in [-0.3, -0.25) is 0 Å². The molecular formula is C10H14ClNO. The van der Waals surface area contributed by atoms with Crippen molar-refractivity contribution in [2.45, 2.75) is 19.9 Å². The Hall–Kier alpha value is -0.730. The van der Waals surface area contributed by atoms with Crippen LogP contribution >= 0.6 is 11.6 Å². The van der Waals surface area contributed by atoms with E-state index in [0.717, 1.165) is 5.56 Å². The number of aryl methyl sites for hydroxylation is 1. The van der Waals surface area contributed by atoms with Crippen molar-refractivity contribution in [3.63, 3.8) is 0 Å². The summed E-state index contributed by atoms with van der Waals surface area (Å²) in [6, 6.07) is 5.72. The number of halogens is 1. The van der Waals surface area contributed by atoms with Gasteiger partial charge in [-0.05, 0) is 31.5 Å². The van der Waals surface area contributed by atoms with E-state index in [-0.39, 0.29) is 6.04 Å². The predicted octanol–water partition coefficient (Wildman–Crippen LogP) is 2.37. The molecule has 0 aromatic heterocycles. The molecule has 0 saturated heterocycles. The zero-order valence-corrected chi connectivity index (χ0v) is 8.64. The van der Waals surface area contributed by atoms with E-state index >= 15 is 0 Å². The fourth-order valence-electron chi connectivity index (χ4n) is 0.944. The zero-order valence-electron chi connectivity index (χ0n) is 7.88. The van der Waals surface area contributed by atoms with E-state index in [9.17, 15) is 0 Å². The number of nitrogens with two attached hydrogens (primary N) is 1. The maximum Gasteiger partial charge on any atom is 0.137 e. The fourth-order valence-corrected chi connectivity index (χ4v) is 1.23. The molecule has 0 heterocycles. The lowest BCUT2D eigenvalue weighted by Gasteiger charge is -2.10. The number of benzene rings is 1. The Balaban J connectivity index is 2.67. The number of hydrogen-bond acceptors (Lipinski definition) is 2. The van der Waals surface area contributed by atoms with E-state index in [4.69, 9.17) is 22.1 Å². The van der Waals surface area contributed by atoms with E-state index in [0.29, 0.717) is 17.4 Å². The Bertz CT molecular complexity index is 286. The molecular weight excluding hydrogens is 186 g/mol. The second-order valence-electron chi connectivity index (χ2n) is 3.22. The molecule has 0 bridgehead atoms. The average molecular weight is 200 g/mol. The first-order chi connectivity index (χ1) is 6.09. The van der Waals surface area contributed by atoms with Gasteiger partial charge in [0.1, 0.15) is 12.4 Å². The van der Waals surface area contributed by atoms with Gasteiger partial charge in [0, 0.05) is 6.04 Å². The average Bonchev–Trinajstić information content (AvgIpc) is 2.02. The quantitative estimate of drug-likeness (QED) is 0.812. The molecule has 1 atom stereocenters. The third kappa shape index (κ3) is 3.25. The summed E-state index contributed by atoms with van der Waals surface area (Å²) in [6.07, 6.45) is 0. The lowest BCUT2D eigenvalue weighted by atomic mass is 10.2. The van der Waals surface area contributed by atoms with Crippen molar-refractivity contribution >= 4 is 11.6 Å². The Morgan fingerprint density at radius 2 is 2.23 bits per heavy atom. The summed E-state index contributed by atoms with van der Waals surface area (Å²) in [6.45, 7) is 4.37. The minimum Gasteiger partial charge on any atom is -0.490 e. The van der Waals surface area contributed by atoms with E-state index in [1.807, 2.05) is 32.0 Å². The molecule has 13 heavy (non-hydrogen) atoms. The summed E-state index contributed by atoms with van der Waals surface area (Å²) in [7, 11) is 0. The van der Waals surface area contributed by atoms with Gasteiger partial charge in [-0.1, -0.05) is 17.7 Å². The van der Waals surface area contributed by atoms with Crippen LogP contribution in [0.3, 0.4) is 0 Å². The summed E-state index contributed by atoms with van der Waals surface area (Å²) >= 11 is 5.95. The van der Waals surface area contributed by atoms with Crippen LogP contribution < -0.4 is 10.5 Å². The number of ether oxygens (including phenoxy) is 1. The van der Waals surface area contributed by atoms with Crippen molar-refractivity contribution in [1.29, 1.82) is 0 Å². The normalized spacial score (nSPS) is 12.6. The van der Waals surface area contributed by atoms with Crippen molar-refractivity contribution in [3.05, 3.63) is 28.8 Å². The van der Waals surface area contributed by atoms with Gasteiger partial charge in [0.2, 0.25) is 0 Å². The van der Waals surface area contributed by atoms with Crippen molar-refractivity contribution in [2.24, 2.45) is 5.73 Å². The van der Waals surface area contributed by atoms with Crippen LogP contribution in [-0.2, 0) is 0 Å². The largest absolute Gasteiger partial charge is 0.490 e. The fraction of sp³-hybridized carbons (Fsp3) is 0.400. The SMILES string of the molecule is Cc1ccc(OC[C@H](C)N)c(Cl)c1. The smallest absolute Gasteiger partial charge is 0.137 e. The molecule has 3 heteroatoms. The molecule has 0 aliphatic rings. The molecule has 1 aromatic rings. The van der Waals surface area contributed by atoms with E-state index < -0.39 is 0 Å². The van der Waals surface area contributed by atoms with Crippen molar-refractivity contribution in [1.82, 2.24) is 0 Å². The maximum absolute atomic E-state index is 5.95. The van der Waals surface area contributed by atoms with E-state index in [1.54, 1.807) is 0 Å². The Morgan fingerprint density at radius 3 is 2.77 bits per heavy atom. The minimum atomic E-state index is 0.0253. The monoisotopic (exact) mass is 199 g/mol. The summed E-state index contributed by atoms with van der Waals surface area (Å²) in [4.78, 5) is 0. The van der Waals surface area contributed by atoms with Gasteiger partial charge in [0.15, 0.2) is 0 Å². The molecule has 0 unspecified atom stereocenters. The molecule has 72 valence electrons. The molecule has 2 nitrogen and oxygen atoms in total. The highest BCUT2D eigenvalue weighted by Crippen LogP contribution is 2.24. The lowest BCUT2D eigenvalue weighted by molar-refractivity contribution is 0.296. The highest BCUT2D eigenvalue weighted by molar-refractivity contribution is 6.32. The molecule has 0 amide bonds. The van der Waals surface area contributed by atoms with Crippen LogP contribution in [0, 0.1) is 6.92 Å². The van der Waals surface area contributed by atoms with Crippen LogP contribution in [0.25, 0.3) is 0 Å². The second-order valence-corrected chi connectivity index (χ2v) is 3.63. The zero-order chi connectivity index (χ0) is 9.84.